The number of anilines is 1. The van der Waals surface area contributed by atoms with E-state index < -0.39 is 4.92 Å². The van der Waals surface area contributed by atoms with Gasteiger partial charge in [0.15, 0.2) is 0 Å². The SMILES string of the molecule is O=[N+]([O-])c1ccc2c(c1)CC=CN2O. The van der Waals surface area contributed by atoms with Crippen molar-refractivity contribution >= 4 is 11.4 Å². The molecule has 1 aliphatic heterocycles. The van der Waals surface area contributed by atoms with E-state index in [1.54, 1.807) is 6.08 Å². The van der Waals surface area contributed by atoms with Crippen molar-refractivity contribution in [2.24, 2.45) is 0 Å². The zero-order valence-electron chi connectivity index (χ0n) is 7.25. The van der Waals surface area contributed by atoms with E-state index in [2.05, 4.69) is 0 Å². The second kappa shape index (κ2) is 3.12. The number of nitro benzene ring substituents is 1. The minimum Gasteiger partial charge on any atom is -0.284 e. The lowest BCUT2D eigenvalue weighted by molar-refractivity contribution is -0.384. The number of benzene rings is 1. The second-order valence-electron chi connectivity index (χ2n) is 3.00. The molecule has 0 saturated carbocycles. The molecule has 72 valence electrons. The monoisotopic (exact) mass is 192 g/mol. The summed E-state index contributed by atoms with van der Waals surface area (Å²) in [5.74, 6) is 0. The van der Waals surface area contributed by atoms with Gasteiger partial charge in [0.2, 0.25) is 0 Å². The first-order valence-electron chi connectivity index (χ1n) is 4.10. The van der Waals surface area contributed by atoms with Crippen molar-refractivity contribution in [1.82, 2.24) is 0 Å². The van der Waals surface area contributed by atoms with Gasteiger partial charge in [0.25, 0.3) is 5.69 Å². The summed E-state index contributed by atoms with van der Waals surface area (Å²) in [4.78, 5) is 10.0. The van der Waals surface area contributed by atoms with Crippen LogP contribution in [0.5, 0.6) is 0 Å². The number of fused-ring (bicyclic) bond motifs is 1. The Bertz CT molecular complexity index is 415. The fourth-order valence-electron chi connectivity index (χ4n) is 1.43. The number of rotatable bonds is 1. The Labute approximate surface area is 80.0 Å². The van der Waals surface area contributed by atoms with Gasteiger partial charge in [-0.1, -0.05) is 6.08 Å². The molecule has 1 N–H and O–H groups in total. The van der Waals surface area contributed by atoms with Crippen LogP contribution in [0.4, 0.5) is 11.4 Å². The third kappa shape index (κ3) is 1.33. The number of non-ortho nitro benzene ring substituents is 1. The summed E-state index contributed by atoms with van der Waals surface area (Å²) in [6, 6.07) is 4.39. The maximum Gasteiger partial charge on any atom is 0.269 e. The summed E-state index contributed by atoms with van der Waals surface area (Å²) in [5, 5.41) is 20.8. The molecule has 0 atom stereocenters. The molecule has 0 saturated heterocycles. The largest absolute Gasteiger partial charge is 0.284 e. The number of hydrogen-bond donors (Lipinski definition) is 1. The minimum absolute atomic E-state index is 0.0486. The van der Waals surface area contributed by atoms with E-state index in [0.717, 1.165) is 10.6 Å². The number of hydroxylamine groups is 1. The lowest BCUT2D eigenvalue weighted by atomic mass is 10.1. The van der Waals surface area contributed by atoms with Crippen LogP contribution >= 0.6 is 0 Å². The third-order valence-corrected chi connectivity index (χ3v) is 2.11. The van der Waals surface area contributed by atoms with Crippen LogP contribution in [-0.2, 0) is 6.42 Å². The Kier molecular flexibility index (Phi) is 1.94. The molecule has 0 radical (unpaired) electrons. The zero-order chi connectivity index (χ0) is 10.1. The molecule has 1 aromatic rings. The van der Waals surface area contributed by atoms with Crippen molar-refractivity contribution in [2.45, 2.75) is 6.42 Å². The van der Waals surface area contributed by atoms with Gasteiger partial charge in [0.1, 0.15) is 0 Å². The van der Waals surface area contributed by atoms with Crippen LogP contribution in [0, 0.1) is 10.1 Å². The highest BCUT2D eigenvalue weighted by atomic mass is 16.6. The maximum atomic E-state index is 10.5. The molecular formula is C9H8N2O3. The molecule has 0 amide bonds. The summed E-state index contributed by atoms with van der Waals surface area (Å²) < 4.78 is 0. The summed E-state index contributed by atoms with van der Waals surface area (Å²) in [6.07, 6.45) is 3.87. The van der Waals surface area contributed by atoms with Crippen LogP contribution in [0.15, 0.2) is 30.5 Å². The average molecular weight is 192 g/mol. The average Bonchev–Trinajstić information content (AvgIpc) is 2.17. The first-order chi connectivity index (χ1) is 6.68. The number of allylic oxidation sites excluding steroid dienone is 1. The number of nitrogens with zero attached hydrogens (tertiary/aromatic N) is 2. The maximum absolute atomic E-state index is 10.5. The van der Waals surface area contributed by atoms with Crippen molar-refractivity contribution in [3.8, 4) is 0 Å². The topological polar surface area (TPSA) is 66.6 Å². The van der Waals surface area contributed by atoms with E-state index in [1.165, 1.54) is 24.4 Å². The van der Waals surface area contributed by atoms with E-state index in [4.69, 9.17) is 0 Å². The van der Waals surface area contributed by atoms with Crippen LogP contribution < -0.4 is 5.06 Å². The lowest BCUT2D eigenvalue weighted by Crippen LogP contribution is -2.14. The standard InChI is InChI=1S/C9H8N2O3/c12-10-5-1-2-7-6-8(11(13)14)3-4-9(7)10/h1,3-6,12H,2H2. The Balaban J connectivity index is 2.47. The number of nitro groups is 1. The van der Waals surface area contributed by atoms with Gasteiger partial charge in [-0.15, -0.1) is 0 Å². The molecule has 0 spiro atoms. The molecule has 0 fully saturated rings. The number of hydrogen-bond acceptors (Lipinski definition) is 4. The molecule has 14 heavy (non-hydrogen) atoms. The Morgan fingerprint density at radius 1 is 1.50 bits per heavy atom. The van der Waals surface area contributed by atoms with E-state index in [1.807, 2.05) is 0 Å². The second-order valence-corrected chi connectivity index (χ2v) is 3.00. The van der Waals surface area contributed by atoms with Gasteiger partial charge < -0.3 is 0 Å². The molecule has 2 rings (SSSR count). The van der Waals surface area contributed by atoms with Crippen molar-refractivity contribution in [2.75, 3.05) is 5.06 Å². The minimum atomic E-state index is -0.444. The van der Waals surface area contributed by atoms with Crippen LogP contribution in [0.2, 0.25) is 0 Å². The first kappa shape index (κ1) is 8.71. The van der Waals surface area contributed by atoms with Gasteiger partial charge in [0.05, 0.1) is 10.6 Å². The highest BCUT2D eigenvalue weighted by Gasteiger charge is 2.14. The summed E-state index contributed by atoms with van der Waals surface area (Å²) in [5.41, 5.74) is 1.40. The fourth-order valence-corrected chi connectivity index (χ4v) is 1.43. The Hall–Kier alpha value is -1.88. The predicted octanol–water partition coefficient (Wildman–Crippen LogP) is 1.86. The molecule has 0 unspecified atom stereocenters. The normalized spacial score (nSPS) is 13.9. The van der Waals surface area contributed by atoms with Crippen molar-refractivity contribution in [3.63, 3.8) is 0 Å². The third-order valence-electron chi connectivity index (χ3n) is 2.11. The van der Waals surface area contributed by atoms with Crippen LogP contribution in [-0.4, -0.2) is 10.1 Å². The lowest BCUT2D eigenvalue weighted by Gasteiger charge is -2.19. The van der Waals surface area contributed by atoms with Crippen LogP contribution in [0.1, 0.15) is 5.56 Å². The van der Waals surface area contributed by atoms with E-state index >= 15 is 0 Å². The van der Waals surface area contributed by atoms with E-state index in [9.17, 15) is 15.3 Å². The Morgan fingerprint density at radius 3 is 3.00 bits per heavy atom. The van der Waals surface area contributed by atoms with Gasteiger partial charge >= 0.3 is 0 Å². The molecule has 5 heteroatoms. The fraction of sp³-hybridized carbons (Fsp3) is 0.111. The van der Waals surface area contributed by atoms with Gasteiger partial charge in [-0.25, -0.2) is 5.06 Å². The Morgan fingerprint density at radius 2 is 2.29 bits per heavy atom. The summed E-state index contributed by atoms with van der Waals surface area (Å²) in [7, 11) is 0. The van der Waals surface area contributed by atoms with Gasteiger partial charge in [0, 0.05) is 18.3 Å². The summed E-state index contributed by atoms with van der Waals surface area (Å²) >= 11 is 0. The van der Waals surface area contributed by atoms with Crippen LogP contribution in [0.3, 0.4) is 0 Å². The van der Waals surface area contributed by atoms with E-state index in [0.29, 0.717) is 12.1 Å². The highest BCUT2D eigenvalue weighted by molar-refractivity contribution is 5.60. The molecule has 1 heterocycles. The molecule has 0 aliphatic carbocycles. The summed E-state index contributed by atoms with van der Waals surface area (Å²) in [6.45, 7) is 0. The van der Waals surface area contributed by atoms with Crippen LogP contribution in [0.25, 0.3) is 0 Å². The first-order valence-corrected chi connectivity index (χ1v) is 4.10. The van der Waals surface area contributed by atoms with Crippen molar-refractivity contribution in [3.05, 3.63) is 46.2 Å². The molecule has 0 aromatic heterocycles. The van der Waals surface area contributed by atoms with Gasteiger partial charge in [-0.05, 0) is 18.1 Å². The van der Waals surface area contributed by atoms with Gasteiger partial charge in [-0.2, -0.15) is 0 Å². The predicted molar refractivity (Wildman–Crippen MR) is 50.2 cm³/mol. The molecular weight excluding hydrogens is 184 g/mol. The van der Waals surface area contributed by atoms with Crippen molar-refractivity contribution in [1.29, 1.82) is 0 Å². The van der Waals surface area contributed by atoms with E-state index in [-0.39, 0.29) is 5.69 Å². The molecule has 0 bridgehead atoms. The van der Waals surface area contributed by atoms with Crippen molar-refractivity contribution < 1.29 is 10.1 Å². The molecule has 5 nitrogen and oxygen atoms in total. The zero-order valence-corrected chi connectivity index (χ0v) is 7.25. The molecule has 1 aliphatic rings. The molecule has 1 aromatic carbocycles. The quantitative estimate of drug-likeness (QED) is 0.544. The van der Waals surface area contributed by atoms with Gasteiger partial charge in [-0.3, -0.25) is 15.3 Å². The highest BCUT2D eigenvalue weighted by Crippen LogP contribution is 2.27. The smallest absolute Gasteiger partial charge is 0.269 e.